The molecule has 0 aliphatic heterocycles. The lowest BCUT2D eigenvalue weighted by molar-refractivity contribution is 0.750. The Morgan fingerprint density at radius 1 is 1.36 bits per heavy atom. The molecule has 0 amide bonds. The van der Waals surface area contributed by atoms with E-state index in [1.807, 2.05) is 24.6 Å². The zero-order valence-electron chi connectivity index (χ0n) is 14.8. The molecule has 0 unspecified atom stereocenters. The highest BCUT2D eigenvalue weighted by Crippen LogP contribution is 2.25. The SMILES string of the molecule is CCNC(=NCc1csc(C(C)C)n1)NCc1cc(Cl)c(Cl)n1C.I. The first-order valence-corrected chi connectivity index (χ1v) is 9.52. The lowest BCUT2D eigenvalue weighted by Gasteiger charge is -2.11. The van der Waals surface area contributed by atoms with Crippen LogP contribution in [-0.2, 0) is 20.1 Å². The molecule has 0 aliphatic carbocycles. The molecule has 2 N–H and O–H groups in total. The van der Waals surface area contributed by atoms with Crippen molar-refractivity contribution < 1.29 is 0 Å². The van der Waals surface area contributed by atoms with Gasteiger partial charge in [-0.2, -0.15) is 0 Å². The third-order valence-electron chi connectivity index (χ3n) is 3.46. The van der Waals surface area contributed by atoms with Gasteiger partial charge in [-0.25, -0.2) is 9.98 Å². The van der Waals surface area contributed by atoms with Gasteiger partial charge in [-0.15, -0.1) is 35.3 Å². The summed E-state index contributed by atoms with van der Waals surface area (Å²) in [6.45, 7) is 8.25. The quantitative estimate of drug-likeness (QED) is 0.330. The maximum Gasteiger partial charge on any atom is 0.191 e. The van der Waals surface area contributed by atoms with Crippen molar-refractivity contribution in [1.82, 2.24) is 20.2 Å². The molecule has 9 heteroatoms. The van der Waals surface area contributed by atoms with Crippen LogP contribution in [0.2, 0.25) is 10.2 Å². The first-order valence-electron chi connectivity index (χ1n) is 7.88. The highest BCUT2D eigenvalue weighted by atomic mass is 127. The van der Waals surface area contributed by atoms with E-state index in [-0.39, 0.29) is 24.0 Å². The Morgan fingerprint density at radius 2 is 2.08 bits per heavy atom. The van der Waals surface area contributed by atoms with E-state index < -0.39 is 0 Å². The Kier molecular flexibility index (Phi) is 9.55. The Balaban J connectivity index is 0.00000312. The third kappa shape index (κ3) is 6.30. The van der Waals surface area contributed by atoms with Gasteiger partial charge >= 0.3 is 0 Å². The van der Waals surface area contributed by atoms with E-state index in [1.165, 1.54) is 0 Å². The number of nitrogens with one attached hydrogen (secondary N) is 2. The second-order valence-electron chi connectivity index (χ2n) is 5.71. The van der Waals surface area contributed by atoms with Crippen LogP contribution in [0.4, 0.5) is 0 Å². The number of halogens is 3. The average Bonchev–Trinajstić information content (AvgIpc) is 3.11. The van der Waals surface area contributed by atoms with E-state index in [2.05, 4.69) is 39.8 Å². The van der Waals surface area contributed by atoms with Crippen molar-refractivity contribution in [3.63, 3.8) is 0 Å². The predicted molar refractivity (Wildman–Crippen MR) is 119 cm³/mol. The lowest BCUT2D eigenvalue weighted by atomic mass is 10.2. The molecule has 0 aliphatic rings. The molecule has 0 saturated carbocycles. The Labute approximate surface area is 180 Å². The van der Waals surface area contributed by atoms with E-state index in [4.69, 9.17) is 23.2 Å². The van der Waals surface area contributed by atoms with Gasteiger partial charge in [-0.1, -0.05) is 37.0 Å². The average molecular weight is 516 g/mol. The number of thiazole rings is 1. The standard InChI is InChI=1S/C16H23Cl2N5S.HI/c1-5-19-16(20-7-11-9-24-15(22-11)10(2)3)21-8-12-6-13(17)14(18)23(12)4;/h6,9-10H,5,7-8H2,1-4H3,(H2,19,20,21);1H. The minimum Gasteiger partial charge on any atom is -0.357 e. The normalized spacial score (nSPS) is 11.6. The van der Waals surface area contributed by atoms with Crippen LogP contribution in [0, 0.1) is 0 Å². The van der Waals surface area contributed by atoms with Gasteiger partial charge in [0, 0.05) is 30.6 Å². The summed E-state index contributed by atoms with van der Waals surface area (Å²) in [5.41, 5.74) is 1.98. The highest BCUT2D eigenvalue weighted by molar-refractivity contribution is 14.0. The molecule has 0 radical (unpaired) electrons. The predicted octanol–water partition coefficient (Wildman–Crippen LogP) is 4.79. The Morgan fingerprint density at radius 3 is 2.60 bits per heavy atom. The van der Waals surface area contributed by atoms with Gasteiger partial charge in [0.25, 0.3) is 0 Å². The molecule has 0 fully saturated rings. The molecular weight excluding hydrogens is 492 g/mol. The van der Waals surface area contributed by atoms with E-state index >= 15 is 0 Å². The molecule has 2 aromatic heterocycles. The van der Waals surface area contributed by atoms with Crippen LogP contribution >= 0.6 is 58.5 Å². The molecule has 5 nitrogen and oxygen atoms in total. The molecule has 2 heterocycles. The van der Waals surface area contributed by atoms with Crippen LogP contribution in [0.25, 0.3) is 0 Å². The highest BCUT2D eigenvalue weighted by Gasteiger charge is 2.10. The van der Waals surface area contributed by atoms with Crippen LogP contribution in [0.3, 0.4) is 0 Å². The summed E-state index contributed by atoms with van der Waals surface area (Å²) in [6, 6.07) is 1.86. The lowest BCUT2D eigenvalue weighted by Crippen LogP contribution is -2.37. The number of guanidine groups is 1. The van der Waals surface area contributed by atoms with Crippen molar-refractivity contribution in [2.24, 2.45) is 12.0 Å². The summed E-state index contributed by atoms with van der Waals surface area (Å²) in [7, 11) is 1.89. The van der Waals surface area contributed by atoms with Crippen molar-refractivity contribution in [3.05, 3.63) is 38.0 Å². The third-order valence-corrected chi connectivity index (χ3v) is 5.50. The number of aliphatic imine (C=N–C) groups is 1. The first kappa shape index (κ1) is 22.5. The summed E-state index contributed by atoms with van der Waals surface area (Å²) in [5.74, 6) is 1.19. The van der Waals surface area contributed by atoms with Gasteiger partial charge < -0.3 is 15.2 Å². The van der Waals surface area contributed by atoms with E-state index in [1.54, 1.807) is 11.3 Å². The summed E-state index contributed by atoms with van der Waals surface area (Å²) >= 11 is 13.8. The number of nitrogens with zero attached hydrogens (tertiary/aromatic N) is 3. The van der Waals surface area contributed by atoms with Crippen LogP contribution in [-0.4, -0.2) is 22.1 Å². The minimum atomic E-state index is 0. The van der Waals surface area contributed by atoms with Crippen LogP contribution in [0.1, 0.15) is 43.1 Å². The largest absolute Gasteiger partial charge is 0.357 e. The van der Waals surface area contributed by atoms with Crippen molar-refractivity contribution in [1.29, 1.82) is 0 Å². The van der Waals surface area contributed by atoms with E-state index in [0.29, 0.717) is 29.2 Å². The maximum atomic E-state index is 6.09. The molecule has 25 heavy (non-hydrogen) atoms. The number of hydrogen-bond donors (Lipinski definition) is 2. The van der Waals surface area contributed by atoms with Crippen molar-refractivity contribution in [2.45, 2.75) is 39.8 Å². The van der Waals surface area contributed by atoms with Gasteiger partial charge in [0.2, 0.25) is 0 Å². The Bertz CT molecular complexity index is 711. The molecule has 2 rings (SSSR count). The van der Waals surface area contributed by atoms with Gasteiger partial charge in [0.15, 0.2) is 5.96 Å². The minimum absolute atomic E-state index is 0. The summed E-state index contributed by atoms with van der Waals surface area (Å²) < 4.78 is 1.86. The molecule has 0 atom stereocenters. The topological polar surface area (TPSA) is 54.2 Å². The summed E-state index contributed by atoms with van der Waals surface area (Å²) in [6.07, 6.45) is 0. The smallest absolute Gasteiger partial charge is 0.191 e. The van der Waals surface area contributed by atoms with Gasteiger partial charge in [-0.3, -0.25) is 0 Å². The molecule has 0 spiro atoms. The van der Waals surface area contributed by atoms with Crippen molar-refractivity contribution >= 4 is 64.5 Å². The first-order chi connectivity index (χ1) is 11.4. The van der Waals surface area contributed by atoms with Crippen LogP contribution < -0.4 is 10.6 Å². The molecule has 2 aromatic rings. The Hall–Kier alpha value is -0.510. The maximum absolute atomic E-state index is 6.09. The molecule has 140 valence electrons. The van der Waals surface area contributed by atoms with Gasteiger partial charge in [0.1, 0.15) is 5.15 Å². The molecule has 0 saturated heterocycles. The van der Waals surface area contributed by atoms with Crippen LogP contribution in [0.15, 0.2) is 16.4 Å². The number of rotatable bonds is 6. The fraction of sp³-hybridized carbons (Fsp3) is 0.500. The fourth-order valence-corrected chi connectivity index (χ4v) is 3.34. The zero-order valence-corrected chi connectivity index (χ0v) is 19.4. The fourth-order valence-electron chi connectivity index (χ4n) is 2.10. The van der Waals surface area contributed by atoms with E-state index in [0.717, 1.165) is 28.9 Å². The monoisotopic (exact) mass is 515 g/mol. The van der Waals surface area contributed by atoms with E-state index in [9.17, 15) is 0 Å². The zero-order chi connectivity index (χ0) is 17.7. The molecular formula is C16H24Cl2IN5S. The van der Waals surface area contributed by atoms with Crippen molar-refractivity contribution in [3.8, 4) is 0 Å². The number of aromatic nitrogens is 2. The molecule has 0 bridgehead atoms. The second-order valence-corrected chi connectivity index (χ2v) is 7.37. The van der Waals surface area contributed by atoms with Gasteiger partial charge in [0.05, 0.1) is 28.8 Å². The van der Waals surface area contributed by atoms with Crippen molar-refractivity contribution in [2.75, 3.05) is 6.54 Å². The molecule has 0 aromatic carbocycles. The number of hydrogen-bond acceptors (Lipinski definition) is 3. The van der Waals surface area contributed by atoms with Gasteiger partial charge in [-0.05, 0) is 13.0 Å². The summed E-state index contributed by atoms with van der Waals surface area (Å²) in [5, 5.41) is 10.8. The van der Waals surface area contributed by atoms with Crippen LogP contribution in [0.5, 0.6) is 0 Å². The second kappa shape index (κ2) is 10.6. The summed E-state index contributed by atoms with van der Waals surface area (Å²) in [4.78, 5) is 9.20.